The molecule has 32 heavy (non-hydrogen) atoms. The van der Waals surface area contributed by atoms with E-state index < -0.39 is 17.8 Å². The molecular weight excluding hydrogens is 421 g/mol. The zero-order valence-corrected chi connectivity index (χ0v) is 16.4. The highest BCUT2D eigenvalue weighted by atomic mass is 19.4. The minimum atomic E-state index is -4.70. The van der Waals surface area contributed by atoms with Crippen LogP contribution in [-0.2, 0) is 12.7 Å². The number of furan rings is 1. The van der Waals surface area contributed by atoms with Crippen molar-refractivity contribution in [3.8, 4) is 11.3 Å². The summed E-state index contributed by atoms with van der Waals surface area (Å²) >= 11 is 0. The summed E-state index contributed by atoms with van der Waals surface area (Å²) < 4.78 is 47.4. The van der Waals surface area contributed by atoms with E-state index >= 15 is 0 Å². The van der Waals surface area contributed by atoms with Gasteiger partial charge in [0.25, 0.3) is 5.91 Å². The number of alkyl halides is 3. The number of rotatable bonds is 4. The first kappa shape index (κ1) is 19.8. The fraction of sp³-hybridized carbons (Fsp3) is 0.0870. The first-order valence-corrected chi connectivity index (χ1v) is 9.66. The van der Waals surface area contributed by atoms with Crippen molar-refractivity contribution in [3.05, 3.63) is 90.1 Å². The lowest BCUT2D eigenvalue weighted by Crippen LogP contribution is -2.23. The summed E-state index contributed by atoms with van der Waals surface area (Å²) in [4.78, 5) is 17.1. The average Bonchev–Trinajstić information content (AvgIpc) is 3.45. The highest BCUT2D eigenvalue weighted by Gasteiger charge is 2.36. The van der Waals surface area contributed by atoms with Gasteiger partial charge in [0, 0.05) is 5.56 Å². The van der Waals surface area contributed by atoms with Gasteiger partial charge in [-0.2, -0.15) is 18.3 Å². The van der Waals surface area contributed by atoms with Crippen LogP contribution < -0.4 is 5.32 Å². The highest BCUT2D eigenvalue weighted by Crippen LogP contribution is 2.34. The van der Waals surface area contributed by atoms with Crippen LogP contribution in [0.1, 0.15) is 21.8 Å². The van der Waals surface area contributed by atoms with Crippen molar-refractivity contribution in [1.29, 1.82) is 0 Å². The smallest absolute Gasteiger partial charge is 0.433 e. The van der Waals surface area contributed by atoms with Crippen molar-refractivity contribution in [2.75, 3.05) is 0 Å². The van der Waals surface area contributed by atoms with E-state index in [0.717, 1.165) is 23.0 Å². The molecule has 0 aliphatic heterocycles. The first-order valence-electron chi connectivity index (χ1n) is 9.66. The Kier molecular flexibility index (Phi) is 4.66. The number of amides is 1. The number of hydrogen-bond donors (Lipinski definition) is 1. The average molecular weight is 436 g/mol. The molecule has 3 heterocycles. The number of benzene rings is 2. The lowest BCUT2D eigenvalue weighted by molar-refractivity contribution is -0.142. The second-order valence-electron chi connectivity index (χ2n) is 7.11. The van der Waals surface area contributed by atoms with Crippen LogP contribution in [0.5, 0.6) is 0 Å². The van der Waals surface area contributed by atoms with Gasteiger partial charge in [-0.3, -0.25) is 4.79 Å². The monoisotopic (exact) mass is 436 g/mol. The van der Waals surface area contributed by atoms with Gasteiger partial charge in [0.2, 0.25) is 0 Å². The molecule has 0 bridgehead atoms. The molecule has 6 nitrogen and oxygen atoms in total. The Morgan fingerprint density at radius 2 is 1.88 bits per heavy atom. The van der Waals surface area contributed by atoms with Crippen LogP contribution in [0, 0.1) is 0 Å². The van der Waals surface area contributed by atoms with Crippen molar-refractivity contribution in [2.24, 2.45) is 0 Å². The van der Waals surface area contributed by atoms with Crippen LogP contribution in [0.4, 0.5) is 13.2 Å². The molecule has 0 fully saturated rings. The van der Waals surface area contributed by atoms with Gasteiger partial charge in [-0.05, 0) is 29.0 Å². The molecule has 0 unspecified atom stereocenters. The fourth-order valence-electron chi connectivity index (χ4n) is 3.59. The Bertz CT molecular complexity index is 1430. The Balaban J connectivity index is 1.66. The molecular formula is C23H15F3N4O2. The van der Waals surface area contributed by atoms with Crippen LogP contribution in [-0.4, -0.2) is 20.5 Å². The molecule has 0 atom stereocenters. The summed E-state index contributed by atoms with van der Waals surface area (Å²) in [5.74, 6) is -0.0951. The molecule has 1 N–H and O–H groups in total. The number of hydrogen-bond acceptors (Lipinski definition) is 4. The normalized spacial score (nSPS) is 11.8. The molecule has 0 aliphatic rings. The van der Waals surface area contributed by atoms with E-state index in [-0.39, 0.29) is 23.4 Å². The number of nitrogens with zero attached hydrogens (tertiary/aromatic N) is 3. The molecule has 5 aromatic rings. The fourth-order valence-corrected chi connectivity index (χ4v) is 3.59. The van der Waals surface area contributed by atoms with E-state index in [1.165, 1.54) is 6.26 Å². The summed E-state index contributed by atoms with van der Waals surface area (Å²) in [6.07, 6.45) is -2.15. The molecule has 0 radical (unpaired) electrons. The Morgan fingerprint density at radius 1 is 1.06 bits per heavy atom. The molecule has 0 spiro atoms. The number of aromatic nitrogens is 3. The lowest BCUT2D eigenvalue weighted by Gasteiger charge is -2.13. The van der Waals surface area contributed by atoms with E-state index in [1.54, 1.807) is 30.3 Å². The van der Waals surface area contributed by atoms with Gasteiger partial charge in [-0.25, -0.2) is 9.50 Å². The Morgan fingerprint density at radius 3 is 2.66 bits per heavy atom. The van der Waals surface area contributed by atoms with Gasteiger partial charge in [0.05, 0.1) is 24.7 Å². The predicted molar refractivity (Wildman–Crippen MR) is 111 cm³/mol. The highest BCUT2D eigenvalue weighted by molar-refractivity contribution is 6.00. The predicted octanol–water partition coefficient (Wildman–Crippen LogP) is 5.09. The third kappa shape index (κ3) is 3.47. The van der Waals surface area contributed by atoms with Gasteiger partial charge in [0.1, 0.15) is 11.3 Å². The minimum absolute atomic E-state index is 0.0656. The van der Waals surface area contributed by atoms with Crippen LogP contribution in [0.3, 0.4) is 0 Å². The van der Waals surface area contributed by atoms with Gasteiger partial charge < -0.3 is 9.73 Å². The van der Waals surface area contributed by atoms with Gasteiger partial charge in [0.15, 0.2) is 11.3 Å². The van der Waals surface area contributed by atoms with Crippen LogP contribution >= 0.6 is 0 Å². The molecule has 9 heteroatoms. The molecule has 0 saturated carbocycles. The second-order valence-corrected chi connectivity index (χ2v) is 7.11. The molecule has 2 aromatic carbocycles. The van der Waals surface area contributed by atoms with Crippen molar-refractivity contribution in [2.45, 2.75) is 12.7 Å². The maximum Gasteiger partial charge on any atom is 0.433 e. The SMILES string of the molecule is O=C(NCc1ccco1)c1cnn2c(C(F)(F)F)cc(-c3cccc4ccccc34)nc12. The number of fused-ring (bicyclic) bond motifs is 2. The number of carbonyl (C=O) groups excluding carboxylic acids is 1. The second kappa shape index (κ2) is 7.52. The maximum absolute atomic E-state index is 13.9. The lowest BCUT2D eigenvalue weighted by atomic mass is 10.0. The van der Waals surface area contributed by atoms with E-state index in [2.05, 4.69) is 15.4 Å². The van der Waals surface area contributed by atoms with Crippen LogP contribution in [0.2, 0.25) is 0 Å². The summed E-state index contributed by atoms with van der Waals surface area (Å²) in [5, 5.41) is 8.04. The van der Waals surface area contributed by atoms with Gasteiger partial charge in [-0.15, -0.1) is 0 Å². The Labute approximate surface area is 179 Å². The van der Waals surface area contributed by atoms with Crippen molar-refractivity contribution in [1.82, 2.24) is 19.9 Å². The van der Waals surface area contributed by atoms with Crippen molar-refractivity contribution in [3.63, 3.8) is 0 Å². The largest absolute Gasteiger partial charge is 0.467 e. The van der Waals surface area contributed by atoms with Crippen LogP contribution in [0.15, 0.2) is 77.5 Å². The summed E-state index contributed by atoms with van der Waals surface area (Å²) in [7, 11) is 0. The summed E-state index contributed by atoms with van der Waals surface area (Å²) in [6.45, 7) is 0.0817. The molecule has 160 valence electrons. The minimum Gasteiger partial charge on any atom is -0.467 e. The quantitative estimate of drug-likeness (QED) is 0.426. The Hall–Kier alpha value is -4.14. The molecule has 5 rings (SSSR count). The molecule has 1 amide bonds. The topological polar surface area (TPSA) is 72.4 Å². The van der Waals surface area contributed by atoms with E-state index in [9.17, 15) is 18.0 Å². The third-order valence-electron chi connectivity index (χ3n) is 5.08. The summed E-state index contributed by atoms with van der Waals surface area (Å²) in [6, 6.07) is 17.0. The van der Waals surface area contributed by atoms with Gasteiger partial charge in [-0.1, -0.05) is 42.5 Å². The third-order valence-corrected chi connectivity index (χ3v) is 5.08. The van der Waals surface area contributed by atoms with E-state index in [4.69, 9.17) is 4.42 Å². The van der Waals surface area contributed by atoms with Crippen LogP contribution in [0.25, 0.3) is 27.7 Å². The standard InChI is InChI=1S/C23H15F3N4O2/c24-23(25,26)20-11-19(17-9-3-6-14-5-1-2-8-16(14)17)29-21-18(13-28-30(20)21)22(31)27-12-15-7-4-10-32-15/h1-11,13H,12H2,(H,27,31). The molecule has 0 saturated heterocycles. The number of halogens is 3. The van der Waals surface area contributed by atoms with Crippen molar-refractivity contribution >= 4 is 22.3 Å². The zero-order chi connectivity index (χ0) is 22.3. The van der Waals surface area contributed by atoms with E-state index in [0.29, 0.717) is 15.8 Å². The zero-order valence-electron chi connectivity index (χ0n) is 16.4. The number of nitrogens with one attached hydrogen (secondary N) is 1. The number of carbonyl (C=O) groups is 1. The maximum atomic E-state index is 13.9. The van der Waals surface area contributed by atoms with Crippen molar-refractivity contribution < 1.29 is 22.4 Å². The molecule has 3 aromatic heterocycles. The first-order chi connectivity index (χ1) is 15.4. The van der Waals surface area contributed by atoms with E-state index in [1.807, 2.05) is 24.3 Å². The summed E-state index contributed by atoms with van der Waals surface area (Å²) in [5.41, 5.74) is -0.638. The molecule has 0 aliphatic carbocycles. The van der Waals surface area contributed by atoms with Gasteiger partial charge >= 0.3 is 6.18 Å².